The van der Waals surface area contributed by atoms with Gasteiger partial charge in [0.05, 0.1) is 29.9 Å². The van der Waals surface area contributed by atoms with E-state index in [1.807, 2.05) is 79.1 Å². The van der Waals surface area contributed by atoms with Crippen LogP contribution >= 0.6 is 0 Å². The fourth-order valence-electron chi connectivity index (χ4n) is 5.20. The lowest BCUT2D eigenvalue weighted by Crippen LogP contribution is -2.22. The Balaban J connectivity index is 0.00000169. The highest BCUT2D eigenvalue weighted by Crippen LogP contribution is 2.42. The molecule has 0 spiro atoms. The molecule has 0 saturated heterocycles. The van der Waals surface area contributed by atoms with Crippen LogP contribution in [0.3, 0.4) is 0 Å². The summed E-state index contributed by atoms with van der Waals surface area (Å²) in [5.74, 6) is -1.93. The molecule has 1 aromatic heterocycles. The highest BCUT2D eigenvalue weighted by atomic mass is 19.1. The number of carboxylic acid groups (broad SMARTS) is 1. The molecule has 234 valence electrons. The predicted octanol–water partition coefficient (Wildman–Crippen LogP) is 6.31. The molecule has 0 aliphatic heterocycles. The Morgan fingerprint density at radius 3 is 1.98 bits per heavy atom. The molecule has 0 aliphatic carbocycles. The first-order valence-electron chi connectivity index (χ1n) is 14.7. The van der Waals surface area contributed by atoms with Gasteiger partial charge in [-0.2, -0.15) is 0 Å². The number of amides is 1. The molecule has 0 fully saturated rings. The standard InChI is InChI=1S/C33H35FN2O5.C2H6O/c1-21(2)31-30(33(41)35-25-11-7-4-8-12-25)29(22-9-5-3-6-10-22)32(23-13-15-24(34)16-14-23)36(31)18-17-26(37)19-27(38)20-28(39)40;1-2-3/h3-16,21,26-27,37-38H,17-20H2,1-2H3,(H,35,41)(H,39,40);3H,2H2,1H3/t26-,27-;/m1./s1. The lowest BCUT2D eigenvalue weighted by Gasteiger charge is -2.20. The van der Waals surface area contributed by atoms with Crippen molar-refractivity contribution in [1.82, 2.24) is 4.57 Å². The van der Waals surface area contributed by atoms with Gasteiger partial charge in [0.2, 0.25) is 0 Å². The van der Waals surface area contributed by atoms with Gasteiger partial charge in [-0.15, -0.1) is 0 Å². The summed E-state index contributed by atoms with van der Waals surface area (Å²) in [4.78, 5) is 25.0. The molecule has 4 rings (SSSR count). The molecule has 0 saturated carbocycles. The van der Waals surface area contributed by atoms with Gasteiger partial charge in [0.1, 0.15) is 5.82 Å². The molecule has 1 heterocycles. The van der Waals surface area contributed by atoms with Crippen LogP contribution in [0, 0.1) is 5.82 Å². The van der Waals surface area contributed by atoms with Gasteiger partial charge < -0.3 is 30.3 Å². The fourth-order valence-corrected chi connectivity index (χ4v) is 5.20. The number of aliphatic hydroxyl groups excluding tert-OH is 3. The Labute approximate surface area is 257 Å². The normalized spacial score (nSPS) is 12.3. The second kappa shape index (κ2) is 16.5. The van der Waals surface area contributed by atoms with E-state index in [1.54, 1.807) is 19.1 Å². The molecule has 0 unspecified atom stereocenters. The summed E-state index contributed by atoms with van der Waals surface area (Å²) in [6.45, 7) is 6.18. The second-order valence-corrected chi connectivity index (χ2v) is 10.7. The molecule has 0 radical (unpaired) electrons. The van der Waals surface area contributed by atoms with Crippen LogP contribution in [0.5, 0.6) is 0 Å². The number of aliphatic carboxylic acids is 1. The molecule has 3 aromatic carbocycles. The summed E-state index contributed by atoms with van der Waals surface area (Å²) in [7, 11) is 0. The van der Waals surface area contributed by atoms with Gasteiger partial charge in [-0.25, -0.2) is 4.39 Å². The lowest BCUT2D eigenvalue weighted by atomic mass is 9.94. The van der Waals surface area contributed by atoms with Crippen molar-refractivity contribution >= 4 is 17.6 Å². The van der Waals surface area contributed by atoms with Crippen LogP contribution in [-0.2, 0) is 11.3 Å². The van der Waals surface area contributed by atoms with Crippen LogP contribution in [0.15, 0.2) is 84.9 Å². The minimum absolute atomic E-state index is 0.0939. The third-order valence-corrected chi connectivity index (χ3v) is 6.93. The van der Waals surface area contributed by atoms with E-state index >= 15 is 0 Å². The molecular weight excluding hydrogens is 563 g/mol. The van der Waals surface area contributed by atoms with Crippen molar-refractivity contribution in [2.45, 2.75) is 64.7 Å². The Morgan fingerprint density at radius 2 is 1.43 bits per heavy atom. The van der Waals surface area contributed by atoms with E-state index in [1.165, 1.54) is 12.1 Å². The Kier molecular flexibility index (Phi) is 12.8. The average molecular weight is 605 g/mol. The summed E-state index contributed by atoms with van der Waals surface area (Å²) >= 11 is 0. The number of aliphatic hydroxyl groups is 3. The number of benzene rings is 3. The number of anilines is 1. The number of hydrogen-bond donors (Lipinski definition) is 5. The molecule has 4 aromatic rings. The van der Waals surface area contributed by atoms with Gasteiger partial charge in [0.15, 0.2) is 0 Å². The largest absolute Gasteiger partial charge is 0.481 e. The fraction of sp³-hybridized carbons (Fsp3) is 0.314. The van der Waals surface area contributed by atoms with Gasteiger partial charge in [-0.05, 0) is 73.2 Å². The number of rotatable bonds is 12. The van der Waals surface area contributed by atoms with Gasteiger partial charge in [-0.1, -0.05) is 62.4 Å². The van der Waals surface area contributed by atoms with Crippen molar-refractivity contribution in [3.63, 3.8) is 0 Å². The summed E-state index contributed by atoms with van der Waals surface area (Å²) in [6, 6.07) is 24.8. The summed E-state index contributed by atoms with van der Waals surface area (Å²) in [6.07, 6.45) is -2.51. The zero-order valence-corrected chi connectivity index (χ0v) is 25.3. The van der Waals surface area contributed by atoms with E-state index in [0.717, 1.165) is 11.3 Å². The molecule has 1 amide bonds. The Hall–Kier alpha value is -4.31. The maximum Gasteiger partial charge on any atom is 0.305 e. The van der Waals surface area contributed by atoms with Crippen LogP contribution in [0.1, 0.15) is 62.0 Å². The highest BCUT2D eigenvalue weighted by molar-refractivity contribution is 6.12. The van der Waals surface area contributed by atoms with Gasteiger partial charge in [-0.3, -0.25) is 9.59 Å². The first kappa shape index (κ1) is 34.2. The first-order valence-corrected chi connectivity index (χ1v) is 14.7. The number of nitrogens with zero attached hydrogens (tertiary/aromatic N) is 1. The molecule has 2 atom stereocenters. The first-order chi connectivity index (χ1) is 21.1. The molecule has 44 heavy (non-hydrogen) atoms. The van der Waals surface area contributed by atoms with E-state index in [-0.39, 0.29) is 43.6 Å². The number of hydrogen-bond acceptors (Lipinski definition) is 5. The van der Waals surface area contributed by atoms with Crippen molar-refractivity contribution in [1.29, 1.82) is 0 Å². The van der Waals surface area contributed by atoms with Gasteiger partial charge in [0, 0.05) is 30.1 Å². The van der Waals surface area contributed by atoms with Gasteiger partial charge in [0.25, 0.3) is 5.91 Å². The van der Waals surface area contributed by atoms with E-state index < -0.39 is 24.6 Å². The summed E-state index contributed by atoms with van der Waals surface area (Å²) in [5, 5.41) is 40.4. The quantitative estimate of drug-likeness (QED) is 0.129. The zero-order chi connectivity index (χ0) is 32.2. The monoisotopic (exact) mass is 604 g/mol. The maximum atomic E-state index is 14.0. The predicted molar refractivity (Wildman–Crippen MR) is 170 cm³/mol. The lowest BCUT2D eigenvalue weighted by molar-refractivity contribution is -0.139. The minimum Gasteiger partial charge on any atom is -0.481 e. The zero-order valence-electron chi connectivity index (χ0n) is 25.3. The second-order valence-electron chi connectivity index (χ2n) is 10.7. The van der Waals surface area contributed by atoms with E-state index in [4.69, 9.17) is 10.2 Å². The Bertz CT molecular complexity index is 1490. The van der Waals surface area contributed by atoms with E-state index in [0.29, 0.717) is 28.1 Å². The van der Waals surface area contributed by atoms with Crippen molar-refractivity contribution in [3.8, 4) is 22.4 Å². The van der Waals surface area contributed by atoms with Crippen molar-refractivity contribution < 1.29 is 34.4 Å². The van der Waals surface area contributed by atoms with Crippen molar-refractivity contribution in [3.05, 3.63) is 102 Å². The Morgan fingerprint density at radius 1 is 0.864 bits per heavy atom. The average Bonchev–Trinajstić information content (AvgIpc) is 3.33. The van der Waals surface area contributed by atoms with Crippen molar-refractivity contribution in [2.75, 3.05) is 11.9 Å². The smallest absolute Gasteiger partial charge is 0.305 e. The number of carbonyl (C=O) groups excluding carboxylic acids is 1. The molecule has 5 N–H and O–H groups in total. The van der Waals surface area contributed by atoms with E-state index in [9.17, 15) is 24.2 Å². The SMILES string of the molecule is CC(C)c1c(C(=O)Nc2ccccc2)c(-c2ccccc2)c(-c2ccc(F)cc2)n1CC[C@@H](O)C[C@@H](O)CC(=O)O.CCO. The molecule has 0 aliphatic rings. The topological polar surface area (TPSA) is 132 Å². The third kappa shape index (κ3) is 9.09. The molecule has 8 nitrogen and oxygen atoms in total. The molecular formula is C35H41FN2O6. The minimum atomic E-state index is -1.18. The van der Waals surface area contributed by atoms with Crippen LogP contribution in [0.2, 0.25) is 0 Å². The van der Waals surface area contributed by atoms with Gasteiger partial charge >= 0.3 is 5.97 Å². The number of carboxylic acids is 1. The van der Waals surface area contributed by atoms with Crippen molar-refractivity contribution in [2.24, 2.45) is 0 Å². The number of halogens is 1. The van der Waals surface area contributed by atoms with Crippen LogP contribution < -0.4 is 5.32 Å². The number of aromatic nitrogens is 1. The van der Waals surface area contributed by atoms with Crippen LogP contribution in [0.4, 0.5) is 10.1 Å². The number of carbonyl (C=O) groups is 2. The summed E-state index contributed by atoms with van der Waals surface area (Å²) < 4.78 is 16.0. The summed E-state index contributed by atoms with van der Waals surface area (Å²) in [5.41, 5.74) is 4.77. The third-order valence-electron chi connectivity index (χ3n) is 6.93. The van der Waals surface area contributed by atoms with Crippen LogP contribution in [0.25, 0.3) is 22.4 Å². The maximum absolute atomic E-state index is 14.0. The van der Waals surface area contributed by atoms with E-state index in [2.05, 4.69) is 5.32 Å². The number of nitrogens with one attached hydrogen (secondary N) is 1. The van der Waals surface area contributed by atoms with Crippen LogP contribution in [-0.4, -0.2) is 55.7 Å². The number of para-hydroxylation sites is 1. The highest BCUT2D eigenvalue weighted by Gasteiger charge is 2.31. The molecule has 0 bridgehead atoms. The molecule has 9 heteroatoms.